The third-order valence-corrected chi connectivity index (χ3v) is 5.25. The molecular formula is C18H19FN2O5. The second-order valence-electron chi connectivity index (χ2n) is 6.78. The third-order valence-electron chi connectivity index (χ3n) is 5.25. The van der Waals surface area contributed by atoms with Crippen molar-refractivity contribution in [2.24, 2.45) is 0 Å². The van der Waals surface area contributed by atoms with Crippen molar-refractivity contribution in [1.29, 1.82) is 0 Å². The van der Waals surface area contributed by atoms with E-state index in [1.165, 1.54) is 25.3 Å². The number of aliphatic hydroxyl groups excluding tert-OH is 1. The van der Waals surface area contributed by atoms with Crippen molar-refractivity contribution in [3.8, 4) is 17.1 Å². The van der Waals surface area contributed by atoms with E-state index in [9.17, 15) is 19.4 Å². The van der Waals surface area contributed by atoms with Crippen LogP contribution in [0.2, 0.25) is 0 Å². The predicted octanol–water partition coefficient (Wildman–Crippen LogP) is 2.68. The summed E-state index contributed by atoms with van der Waals surface area (Å²) in [6, 6.07) is 4.11. The van der Waals surface area contributed by atoms with E-state index < -0.39 is 11.8 Å². The van der Waals surface area contributed by atoms with Crippen molar-refractivity contribution in [2.45, 2.75) is 43.9 Å². The van der Waals surface area contributed by atoms with E-state index in [1.807, 2.05) is 4.90 Å². The second kappa shape index (κ2) is 6.28. The molecule has 7 nitrogen and oxygen atoms in total. The Balaban J connectivity index is 1.79. The van der Waals surface area contributed by atoms with Gasteiger partial charge in [0, 0.05) is 17.6 Å². The molecule has 8 heteroatoms. The first kappa shape index (κ1) is 16.8. The van der Waals surface area contributed by atoms with Gasteiger partial charge < -0.3 is 24.4 Å². The number of nitrogens with zero attached hydrogens (tertiary/aromatic N) is 2. The van der Waals surface area contributed by atoms with Gasteiger partial charge in [-0.15, -0.1) is 0 Å². The first-order valence-electron chi connectivity index (χ1n) is 8.53. The Morgan fingerprint density at radius 3 is 2.65 bits per heavy atom. The van der Waals surface area contributed by atoms with Crippen LogP contribution in [0.5, 0.6) is 5.75 Å². The van der Waals surface area contributed by atoms with Crippen LogP contribution in [0.1, 0.15) is 36.0 Å². The maximum absolute atomic E-state index is 13.7. The number of rotatable bonds is 4. The molecule has 138 valence electrons. The summed E-state index contributed by atoms with van der Waals surface area (Å²) in [5, 5.41) is 23.8. The van der Waals surface area contributed by atoms with Crippen LogP contribution >= 0.6 is 0 Å². The minimum atomic E-state index is -1.16. The standard InChI is InChI=1S/C18H19FN2O5/c1-25-14-6-9(2-5-13(14)19)16-15(18(23)24)17(20-26-16)21-10-3-4-11(21)8-12(22)7-10/h2,5-6,10-12,22H,3-4,7-8H2,1H3,(H,23,24). The molecule has 2 aliphatic rings. The fraction of sp³-hybridized carbons (Fsp3) is 0.444. The molecule has 0 radical (unpaired) electrons. The maximum Gasteiger partial charge on any atom is 0.343 e. The number of piperidine rings is 1. The van der Waals surface area contributed by atoms with Crippen molar-refractivity contribution in [1.82, 2.24) is 5.16 Å². The SMILES string of the molecule is COc1cc(-c2onc(N3C4CCC3CC(O)C4)c2C(=O)O)ccc1F. The predicted molar refractivity (Wildman–Crippen MR) is 89.9 cm³/mol. The van der Waals surface area contributed by atoms with Gasteiger partial charge in [-0.2, -0.15) is 0 Å². The number of anilines is 1. The molecule has 0 spiro atoms. The summed E-state index contributed by atoms with van der Waals surface area (Å²) >= 11 is 0. The van der Waals surface area contributed by atoms with Gasteiger partial charge in [-0.05, 0) is 43.9 Å². The first-order chi connectivity index (χ1) is 12.5. The molecule has 2 unspecified atom stereocenters. The minimum absolute atomic E-state index is 0.00190. The van der Waals surface area contributed by atoms with Crippen molar-refractivity contribution < 1.29 is 28.7 Å². The molecule has 4 rings (SSSR count). The first-order valence-corrected chi connectivity index (χ1v) is 8.53. The molecule has 2 bridgehead atoms. The lowest BCUT2D eigenvalue weighted by molar-refractivity contribution is 0.0697. The van der Waals surface area contributed by atoms with Gasteiger partial charge in [-0.1, -0.05) is 5.16 Å². The maximum atomic E-state index is 13.7. The van der Waals surface area contributed by atoms with Crippen LogP contribution in [0, 0.1) is 5.82 Å². The average Bonchev–Trinajstić information content (AvgIpc) is 3.14. The minimum Gasteiger partial charge on any atom is -0.494 e. The Hall–Kier alpha value is -2.61. The molecule has 2 saturated heterocycles. The second-order valence-corrected chi connectivity index (χ2v) is 6.78. The number of hydrogen-bond acceptors (Lipinski definition) is 6. The van der Waals surface area contributed by atoms with Gasteiger partial charge in [0.15, 0.2) is 28.7 Å². The van der Waals surface area contributed by atoms with Crippen LogP contribution in [0.3, 0.4) is 0 Å². The van der Waals surface area contributed by atoms with Crippen LogP contribution in [0.15, 0.2) is 22.7 Å². The van der Waals surface area contributed by atoms with Crippen LogP contribution in [0.25, 0.3) is 11.3 Å². The summed E-state index contributed by atoms with van der Waals surface area (Å²) in [4.78, 5) is 13.9. The third kappa shape index (κ3) is 2.61. The van der Waals surface area contributed by atoms with Crippen LogP contribution in [0.4, 0.5) is 10.2 Å². The molecule has 0 aliphatic carbocycles. The molecule has 26 heavy (non-hydrogen) atoms. The Labute approximate surface area is 149 Å². The van der Waals surface area contributed by atoms with E-state index in [1.54, 1.807) is 0 Å². The number of carboxylic acid groups (broad SMARTS) is 1. The molecule has 2 fully saturated rings. The highest BCUT2D eigenvalue weighted by Crippen LogP contribution is 2.42. The molecule has 2 atom stereocenters. The zero-order valence-electron chi connectivity index (χ0n) is 14.2. The number of benzene rings is 1. The van der Waals surface area contributed by atoms with E-state index in [0.717, 1.165) is 12.8 Å². The number of halogens is 1. The van der Waals surface area contributed by atoms with Crippen LogP contribution in [-0.4, -0.2) is 46.6 Å². The van der Waals surface area contributed by atoms with Crippen LogP contribution in [-0.2, 0) is 0 Å². The largest absolute Gasteiger partial charge is 0.494 e. The fourth-order valence-electron chi connectivity index (χ4n) is 4.14. The Morgan fingerprint density at radius 1 is 1.35 bits per heavy atom. The molecule has 0 saturated carbocycles. The van der Waals surface area contributed by atoms with E-state index in [-0.39, 0.29) is 41.1 Å². The molecule has 1 aromatic carbocycles. The smallest absolute Gasteiger partial charge is 0.343 e. The highest BCUT2D eigenvalue weighted by atomic mass is 19.1. The number of carboxylic acids is 1. The number of carbonyl (C=O) groups is 1. The summed E-state index contributed by atoms with van der Waals surface area (Å²) in [6.45, 7) is 0. The normalized spacial score (nSPS) is 24.7. The fourth-order valence-corrected chi connectivity index (χ4v) is 4.14. The van der Waals surface area contributed by atoms with Gasteiger partial charge in [-0.3, -0.25) is 0 Å². The van der Waals surface area contributed by atoms with Gasteiger partial charge in [0.25, 0.3) is 0 Å². The van der Waals surface area contributed by atoms with Gasteiger partial charge in [-0.25, -0.2) is 9.18 Å². The number of fused-ring (bicyclic) bond motifs is 2. The topological polar surface area (TPSA) is 96.0 Å². The average molecular weight is 362 g/mol. The summed E-state index contributed by atoms with van der Waals surface area (Å²) in [5.41, 5.74) is 0.329. The molecule has 2 aromatic rings. The molecule has 2 N–H and O–H groups in total. The van der Waals surface area contributed by atoms with Crippen molar-refractivity contribution in [2.75, 3.05) is 12.0 Å². The molecular weight excluding hydrogens is 343 g/mol. The number of ether oxygens (including phenoxy) is 1. The van der Waals surface area contributed by atoms with Gasteiger partial charge in [0.2, 0.25) is 0 Å². The molecule has 3 heterocycles. The number of aliphatic hydroxyl groups is 1. The Bertz CT molecular complexity index is 838. The monoisotopic (exact) mass is 362 g/mol. The van der Waals surface area contributed by atoms with Crippen LogP contribution < -0.4 is 9.64 Å². The van der Waals surface area contributed by atoms with E-state index >= 15 is 0 Å². The Kier molecular flexibility index (Phi) is 4.07. The van der Waals surface area contributed by atoms with Gasteiger partial charge in [0.05, 0.1) is 13.2 Å². The number of aromatic carboxylic acids is 1. The molecule has 0 amide bonds. The van der Waals surface area contributed by atoms with Gasteiger partial charge in [0.1, 0.15) is 0 Å². The Morgan fingerprint density at radius 2 is 2.04 bits per heavy atom. The lowest BCUT2D eigenvalue weighted by Gasteiger charge is -2.37. The van der Waals surface area contributed by atoms with E-state index in [2.05, 4.69) is 5.16 Å². The lowest BCUT2D eigenvalue weighted by Crippen LogP contribution is -2.45. The summed E-state index contributed by atoms with van der Waals surface area (Å²) in [7, 11) is 1.34. The highest BCUT2D eigenvalue weighted by molar-refractivity contribution is 5.99. The highest BCUT2D eigenvalue weighted by Gasteiger charge is 2.44. The van der Waals surface area contributed by atoms with Crippen molar-refractivity contribution >= 4 is 11.8 Å². The number of methoxy groups -OCH3 is 1. The molecule has 1 aromatic heterocycles. The van der Waals surface area contributed by atoms with Gasteiger partial charge >= 0.3 is 5.97 Å². The van der Waals surface area contributed by atoms with Crippen molar-refractivity contribution in [3.63, 3.8) is 0 Å². The molecule has 2 aliphatic heterocycles. The lowest BCUT2D eigenvalue weighted by atomic mass is 9.99. The number of hydrogen-bond donors (Lipinski definition) is 2. The summed E-state index contributed by atoms with van der Waals surface area (Å²) < 4.78 is 24.0. The van der Waals surface area contributed by atoms with E-state index in [0.29, 0.717) is 18.4 Å². The zero-order chi connectivity index (χ0) is 18.4. The van der Waals surface area contributed by atoms with E-state index in [4.69, 9.17) is 9.26 Å². The zero-order valence-corrected chi connectivity index (χ0v) is 14.2. The number of aromatic nitrogens is 1. The quantitative estimate of drug-likeness (QED) is 0.863. The van der Waals surface area contributed by atoms with Crippen molar-refractivity contribution in [3.05, 3.63) is 29.6 Å². The summed E-state index contributed by atoms with van der Waals surface area (Å²) in [6.07, 6.45) is 2.56. The summed E-state index contributed by atoms with van der Waals surface area (Å²) in [5.74, 6) is -1.37.